The summed E-state index contributed by atoms with van der Waals surface area (Å²) in [7, 11) is 0. The van der Waals surface area contributed by atoms with E-state index in [2.05, 4.69) is 17.5 Å². The second kappa shape index (κ2) is 8.37. The zero-order chi connectivity index (χ0) is 20.4. The fourth-order valence-corrected chi connectivity index (χ4v) is 5.06. The van der Waals surface area contributed by atoms with Gasteiger partial charge in [-0.05, 0) is 48.4 Å². The maximum Gasteiger partial charge on any atom is 0.244 e. The Balaban J connectivity index is 1.37. The number of hydrogen-bond acceptors (Lipinski definition) is 3. The van der Waals surface area contributed by atoms with Crippen LogP contribution in [-0.2, 0) is 11.4 Å². The molecule has 2 fully saturated rings. The van der Waals surface area contributed by atoms with Crippen molar-refractivity contribution in [3.05, 3.63) is 63.6 Å². The molecule has 2 aliphatic rings. The molecule has 1 amide bonds. The SMILES string of the molecule is C[C@]12CCCC[C@@H]1[C@H]2C(=O)N/N=C\c1ccccc1OCc1ccc(Cl)cc1Cl. The van der Waals surface area contributed by atoms with Crippen molar-refractivity contribution in [3.63, 3.8) is 0 Å². The van der Waals surface area contributed by atoms with Gasteiger partial charge in [0.05, 0.1) is 6.21 Å². The summed E-state index contributed by atoms with van der Waals surface area (Å²) in [5, 5.41) is 5.34. The van der Waals surface area contributed by atoms with Gasteiger partial charge in [-0.2, -0.15) is 5.10 Å². The second-order valence-corrected chi connectivity index (χ2v) is 8.98. The Kier molecular flexibility index (Phi) is 5.84. The molecule has 2 saturated carbocycles. The van der Waals surface area contributed by atoms with Crippen LogP contribution >= 0.6 is 23.2 Å². The van der Waals surface area contributed by atoms with E-state index in [0.29, 0.717) is 28.3 Å². The minimum atomic E-state index is 0.0296. The quantitative estimate of drug-likeness (QED) is 0.461. The lowest BCUT2D eigenvalue weighted by molar-refractivity contribution is -0.123. The molecule has 0 bridgehead atoms. The van der Waals surface area contributed by atoms with Gasteiger partial charge in [-0.15, -0.1) is 0 Å². The van der Waals surface area contributed by atoms with Gasteiger partial charge in [0, 0.05) is 27.1 Å². The Morgan fingerprint density at radius 1 is 1.28 bits per heavy atom. The Bertz CT molecular complexity index is 946. The number of carbonyl (C=O) groups is 1. The lowest BCUT2D eigenvalue weighted by Crippen LogP contribution is -2.22. The molecule has 0 aliphatic heterocycles. The minimum Gasteiger partial charge on any atom is -0.488 e. The van der Waals surface area contributed by atoms with E-state index in [1.165, 1.54) is 12.8 Å². The van der Waals surface area contributed by atoms with Gasteiger partial charge >= 0.3 is 0 Å². The fourth-order valence-electron chi connectivity index (χ4n) is 4.60. The largest absolute Gasteiger partial charge is 0.488 e. The van der Waals surface area contributed by atoms with Gasteiger partial charge < -0.3 is 4.74 Å². The number of ether oxygens (including phenoxy) is 1. The van der Waals surface area contributed by atoms with Crippen molar-refractivity contribution in [2.75, 3.05) is 0 Å². The van der Waals surface area contributed by atoms with Crippen LogP contribution in [-0.4, -0.2) is 12.1 Å². The summed E-state index contributed by atoms with van der Waals surface area (Å²) in [6, 6.07) is 12.9. The lowest BCUT2D eigenvalue weighted by atomic mass is 9.90. The summed E-state index contributed by atoms with van der Waals surface area (Å²) in [5.41, 5.74) is 4.54. The molecule has 0 spiro atoms. The third-order valence-electron chi connectivity index (χ3n) is 6.31. The van der Waals surface area contributed by atoms with Crippen molar-refractivity contribution < 1.29 is 9.53 Å². The van der Waals surface area contributed by atoms with Crippen molar-refractivity contribution in [2.45, 2.75) is 39.2 Å². The van der Waals surface area contributed by atoms with Crippen LogP contribution in [0, 0.1) is 17.3 Å². The number of amides is 1. The van der Waals surface area contributed by atoms with Gasteiger partial charge in [0.1, 0.15) is 12.4 Å². The molecule has 29 heavy (non-hydrogen) atoms. The predicted octanol–water partition coefficient (Wildman–Crippen LogP) is 5.85. The molecule has 0 heterocycles. The molecule has 1 N–H and O–H groups in total. The standard InChI is InChI=1S/C23H24Cl2N2O2/c1-23-11-5-4-7-18(23)21(23)22(28)27-26-13-15-6-2-3-8-20(15)29-14-16-9-10-17(24)12-19(16)25/h2-3,6,8-10,12-13,18,21H,4-5,7,11,14H2,1H3,(H,27,28)/b26-13-/t18-,21+,23+/m1/s1. The number of nitrogens with zero attached hydrogens (tertiary/aromatic N) is 1. The zero-order valence-electron chi connectivity index (χ0n) is 16.3. The Labute approximate surface area is 181 Å². The molecule has 2 aromatic rings. The van der Waals surface area contributed by atoms with Gasteiger partial charge in [-0.3, -0.25) is 4.79 Å². The van der Waals surface area contributed by atoms with Crippen molar-refractivity contribution >= 4 is 35.3 Å². The van der Waals surface area contributed by atoms with Gasteiger partial charge in [0.15, 0.2) is 0 Å². The number of hydrazone groups is 1. The van der Waals surface area contributed by atoms with Crippen LogP contribution in [0.5, 0.6) is 5.75 Å². The summed E-state index contributed by atoms with van der Waals surface area (Å²) in [4.78, 5) is 12.5. The van der Waals surface area contributed by atoms with Crippen LogP contribution in [0.4, 0.5) is 0 Å². The number of hydrogen-bond donors (Lipinski definition) is 1. The summed E-state index contributed by atoms with van der Waals surface area (Å²) >= 11 is 12.2. The van der Waals surface area contributed by atoms with Crippen LogP contribution in [0.3, 0.4) is 0 Å². The first-order valence-corrected chi connectivity index (χ1v) is 10.7. The molecular formula is C23H24Cl2N2O2. The highest BCUT2D eigenvalue weighted by Gasteiger charge is 2.64. The Hall–Kier alpha value is -2.04. The van der Waals surface area contributed by atoms with Gasteiger partial charge in [0.25, 0.3) is 0 Å². The summed E-state index contributed by atoms with van der Waals surface area (Å²) in [6.07, 6.45) is 6.38. The first-order chi connectivity index (χ1) is 14.0. The minimum absolute atomic E-state index is 0.0296. The highest BCUT2D eigenvalue weighted by molar-refractivity contribution is 6.35. The number of para-hydroxylation sites is 1. The van der Waals surface area contributed by atoms with Crippen molar-refractivity contribution in [1.29, 1.82) is 0 Å². The van der Waals surface area contributed by atoms with Crippen LogP contribution in [0.25, 0.3) is 0 Å². The predicted molar refractivity (Wildman–Crippen MR) is 117 cm³/mol. The maximum absolute atomic E-state index is 12.5. The van der Waals surface area contributed by atoms with Crippen LogP contribution in [0.1, 0.15) is 43.7 Å². The van der Waals surface area contributed by atoms with Crippen molar-refractivity contribution in [2.24, 2.45) is 22.4 Å². The van der Waals surface area contributed by atoms with E-state index < -0.39 is 0 Å². The van der Waals surface area contributed by atoms with Crippen LogP contribution in [0.15, 0.2) is 47.6 Å². The molecule has 0 saturated heterocycles. The summed E-state index contributed by atoms with van der Waals surface area (Å²) in [6.45, 7) is 2.55. The van der Waals surface area contributed by atoms with E-state index in [1.807, 2.05) is 30.3 Å². The van der Waals surface area contributed by atoms with Crippen molar-refractivity contribution in [1.82, 2.24) is 5.43 Å². The van der Waals surface area contributed by atoms with E-state index in [4.69, 9.17) is 27.9 Å². The molecule has 3 atom stereocenters. The number of rotatable bonds is 6. The Morgan fingerprint density at radius 2 is 2.10 bits per heavy atom. The molecule has 0 unspecified atom stereocenters. The monoisotopic (exact) mass is 430 g/mol. The average Bonchev–Trinajstić information content (AvgIpc) is 3.33. The molecule has 0 radical (unpaired) electrons. The highest BCUT2D eigenvalue weighted by Crippen LogP contribution is 2.66. The van der Waals surface area contributed by atoms with E-state index in [9.17, 15) is 4.79 Å². The van der Waals surface area contributed by atoms with E-state index in [0.717, 1.165) is 24.0 Å². The number of fused-ring (bicyclic) bond motifs is 1. The topological polar surface area (TPSA) is 50.7 Å². The third kappa shape index (κ3) is 4.29. The molecule has 0 aromatic heterocycles. The maximum atomic E-state index is 12.5. The molecular weight excluding hydrogens is 407 g/mol. The molecule has 4 nitrogen and oxygen atoms in total. The number of nitrogens with one attached hydrogen (secondary N) is 1. The highest BCUT2D eigenvalue weighted by atomic mass is 35.5. The summed E-state index contributed by atoms with van der Waals surface area (Å²) < 4.78 is 5.92. The average molecular weight is 431 g/mol. The smallest absolute Gasteiger partial charge is 0.244 e. The molecule has 2 aliphatic carbocycles. The Morgan fingerprint density at radius 3 is 2.86 bits per heavy atom. The third-order valence-corrected chi connectivity index (χ3v) is 6.90. The molecule has 4 rings (SSSR count). The number of carbonyl (C=O) groups excluding carboxylic acids is 1. The molecule has 152 valence electrons. The lowest BCUT2D eigenvalue weighted by Gasteiger charge is -2.15. The molecule has 2 aromatic carbocycles. The number of halogens is 2. The van der Waals surface area contributed by atoms with Gasteiger partial charge in [-0.25, -0.2) is 5.43 Å². The van der Waals surface area contributed by atoms with Crippen LogP contribution < -0.4 is 10.2 Å². The zero-order valence-corrected chi connectivity index (χ0v) is 17.8. The van der Waals surface area contributed by atoms with E-state index in [1.54, 1.807) is 18.3 Å². The fraction of sp³-hybridized carbons (Fsp3) is 0.391. The van der Waals surface area contributed by atoms with Gasteiger partial charge in [-0.1, -0.05) is 61.2 Å². The van der Waals surface area contributed by atoms with Crippen molar-refractivity contribution in [3.8, 4) is 5.75 Å². The normalized spacial score (nSPS) is 25.5. The van der Waals surface area contributed by atoms with E-state index >= 15 is 0 Å². The van der Waals surface area contributed by atoms with E-state index in [-0.39, 0.29) is 17.2 Å². The first kappa shape index (κ1) is 20.2. The number of benzene rings is 2. The second-order valence-electron chi connectivity index (χ2n) is 8.13. The van der Waals surface area contributed by atoms with Gasteiger partial charge in [0.2, 0.25) is 5.91 Å². The summed E-state index contributed by atoms with van der Waals surface area (Å²) in [5.74, 6) is 1.32. The molecule has 6 heteroatoms. The van der Waals surface area contributed by atoms with Crippen LogP contribution in [0.2, 0.25) is 10.0 Å². The first-order valence-electron chi connectivity index (χ1n) is 9.98.